The summed E-state index contributed by atoms with van der Waals surface area (Å²) in [5.74, 6) is 1.10. The number of nitrogens with zero attached hydrogens (tertiary/aromatic N) is 1. The molecule has 0 unspecified atom stereocenters. The maximum absolute atomic E-state index is 12.0. The molecule has 116 valence electrons. The first-order valence-electron chi connectivity index (χ1n) is 7.42. The van der Waals surface area contributed by atoms with Gasteiger partial charge in [0.1, 0.15) is 5.76 Å². The Bertz CT molecular complexity index is 745. The van der Waals surface area contributed by atoms with Crippen molar-refractivity contribution in [1.29, 1.82) is 5.26 Å². The average molecular weight is 324 g/mol. The van der Waals surface area contributed by atoms with Gasteiger partial charge in [-0.15, -0.1) is 11.8 Å². The summed E-state index contributed by atoms with van der Waals surface area (Å²) in [6.07, 6.45) is 2.70. The van der Waals surface area contributed by atoms with E-state index < -0.39 is 0 Å². The van der Waals surface area contributed by atoms with Gasteiger partial charge in [-0.05, 0) is 24.1 Å². The predicted molar refractivity (Wildman–Crippen MR) is 89.5 cm³/mol. The monoisotopic (exact) mass is 324 g/mol. The topological polar surface area (TPSA) is 66.0 Å². The zero-order valence-electron chi connectivity index (χ0n) is 12.5. The first kappa shape index (κ1) is 15.4. The van der Waals surface area contributed by atoms with Crippen LogP contribution in [-0.4, -0.2) is 11.7 Å². The number of nitrogens with one attached hydrogen (secondary N) is 1. The van der Waals surface area contributed by atoms with E-state index in [4.69, 9.17) is 4.42 Å². The third-order valence-electron chi connectivity index (χ3n) is 3.72. The van der Waals surface area contributed by atoms with Crippen LogP contribution in [0.15, 0.2) is 63.7 Å². The lowest BCUT2D eigenvalue weighted by Gasteiger charge is -2.23. The number of nitriles is 1. The van der Waals surface area contributed by atoms with Crippen molar-refractivity contribution in [2.45, 2.75) is 18.8 Å². The molecule has 5 heteroatoms. The van der Waals surface area contributed by atoms with Gasteiger partial charge in [0.2, 0.25) is 5.91 Å². The Morgan fingerprint density at radius 3 is 2.78 bits per heavy atom. The molecule has 1 aliphatic rings. The average Bonchev–Trinajstić information content (AvgIpc) is 3.10. The molecule has 0 spiro atoms. The van der Waals surface area contributed by atoms with Crippen molar-refractivity contribution in [3.8, 4) is 6.07 Å². The molecule has 3 rings (SSSR count). The molecule has 0 aliphatic carbocycles. The Morgan fingerprint density at radius 1 is 1.26 bits per heavy atom. The van der Waals surface area contributed by atoms with Crippen LogP contribution in [0.3, 0.4) is 0 Å². The molecule has 0 radical (unpaired) electrons. The van der Waals surface area contributed by atoms with Gasteiger partial charge in [-0.2, -0.15) is 5.26 Å². The minimum Gasteiger partial charge on any atom is -0.469 e. The molecular weight excluding hydrogens is 308 g/mol. The lowest BCUT2D eigenvalue weighted by atomic mass is 9.92. The molecule has 1 aliphatic heterocycles. The highest BCUT2D eigenvalue weighted by Gasteiger charge is 2.31. The lowest BCUT2D eigenvalue weighted by molar-refractivity contribution is -0.120. The largest absolute Gasteiger partial charge is 0.469 e. The van der Waals surface area contributed by atoms with Gasteiger partial charge >= 0.3 is 0 Å². The van der Waals surface area contributed by atoms with E-state index >= 15 is 0 Å². The fourth-order valence-corrected chi connectivity index (χ4v) is 3.65. The van der Waals surface area contributed by atoms with Crippen LogP contribution in [0.5, 0.6) is 0 Å². The Kier molecular flexibility index (Phi) is 4.84. The number of rotatable bonds is 5. The second kappa shape index (κ2) is 7.21. The van der Waals surface area contributed by atoms with E-state index in [9.17, 15) is 10.1 Å². The summed E-state index contributed by atoms with van der Waals surface area (Å²) in [6.45, 7) is 0. The van der Waals surface area contributed by atoms with E-state index in [-0.39, 0.29) is 18.2 Å². The van der Waals surface area contributed by atoms with Gasteiger partial charge in [0.05, 0.1) is 28.9 Å². The molecule has 1 atom stereocenters. The van der Waals surface area contributed by atoms with Crippen LogP contribution >= 0.6 is 11.8 Å². The van der Waals surface area contributed by atoms with Crippen molar-refractivity contribution >= 4 is 17.7 Å². The number of allylic oxidation sites excluding steroid dienone is 1. The first-order chi connectivity index (χ1) is 11.3. The van der Waals surface area contributed by atoms with Gasteiger partial charge in [-0.3, -0.25) is 4.79 Å². The van der Waals surface area contributed by atoms with Gasteiger partial charge in [0.25, 0.3) is 0 Å². The first-order valence-corrected chi connectivity index (χ1v) is 8.40. The Labute approximate surface area is 139 Å². The molecule has 2 aromatic rings. The summed E-state index contributed by atoms with van der Waals surface area (Å²) >= 11 is 1.51. The summed E-state index contributed by atoms with van der Waals surface area (Å²) in [7, 11) is 0. The fraction of sp³-hybridized carbons (Fsp3) is 0.222. The second-order valence-corrected chi connectivity index (χ2v) is 6.36. The van der Waals surface area contributed by atoms with E-state index in [1.807, 2.05) is 24.3 Å². The van der Waals surface area contributed by atoms with Crippen molar-refractivity contribution < 1.29 is 9.21 Å². The van der Waals surface area contributed by atoms with Crippen LogP contribution in [0.2, 0.25) is 0 Å². The van der Waals surface area contributed by atoms with Crippen LogP contribution in [0.4, 0.5) is 0 Å². The number of hydrogen-bond donors (Lipinski definition) is 1. The molecule has 1 aromatic heterocycles. The smallest absolute Gasteiger partial charge is 0.225 e. The highest BCUT2D eigenvalue weighted by Crippen LogP contribution is 2.36. The van der Waals surface area contributed by atoms with Gasteiger partial charge in [0, 0.05) is 12.2 Å². The summed E-state index contributed by atoms with van der Waals surface area (Å²) < 4.78 is 5.40. The van der Waals surface area contributed by atoms with Crippen LogP contribution in [0.25, 0.3) is 0 Å². The molecule has 0 fully saturated rings. The summed E-state index contributed by atoms with van der Waals surface area (Å²) in [6, 6.07) is 16.0. The number of carbonyl (C=O) groups excluding carboxylic acids is 1. The molecular formula is C18H16N2O2S. The van der Waals surface area contributed by atoms with Gasteiger partial charge < -0.3 is 9.73 Å². The van der Waals surface area contributed by atoms with E-state index in [2.05, 4.69) is 23.5 Å². The molecule has 2 heterocycles. The molecule has 0 bridgehead atoms. The zero-order chi connectivity index (χ0) is 16.1. The number of aryl methyl sites for hydroxylation is 1. The summed E-state index contributed by atoms with van der Waals surface area (Å²) in [5, 5.41) is 13.0. The van der Waals surface area contributed by atoms with Crippen molar-refractivity contribution in [3.63, 3.8) is 0 Å². The fourth-order valence-electron chi connectivity index (χ4n) is 2.58. The molecule has 1 amide bonds. The highest BCUT2D eigenvalue weighted by molar-refractivity contribution is 8.03. The third kappa shape index (κ3) is 3.66. The number of benzene rings is 1. The Morgan fingerprint density at radius 2 is 2.09 bits per heavy atom. The molecule has 23 heavy (non-hydrogen) atoms. The van der Waals surface area contributed by atoms with Crippen LogP contribution in [-0.2, 0) is 11.2 Å². The number of hydrogen-bond acceptors (Lipinski definition) is 4. The third-order valence-corrected chi connectivity index (χ3v) is 4.74. The van der Waals surface area contributed by atoms with Crippen molar-refractivity contribution in [1.82, 2.24) is 5.32 Å². The minimum atomic E-state index is -0.289. The normalized spacial score (nSPS) is 17.7. The maximum atomic E-state index is 12.0. The van der Waals surface area contributed by atoms with Crippen LogP contribution < -0.4 is 5.32 Å². The second-order valence-electron chi connectivity index (χ2n) is 5.26. The molecule has 0 saturated heterocycles. The van der Waals surface area contributed by atoms with Gasteiger partial charge in [-0.25, -0.2) is 0 Å². The van der Waals surface area contributed by atoms with E-state index in [1.54, 1.807) is 12.3 Å². The lowest BCUT2D eigenvalue weighted by Crippen LogP contribution is -2.30. The number of carbonyl (C=O) groups is 1. The minimum absolute atomic E-state index is 0.0763. The number of thioether (sulfide) groups is 1. The van der Waals surface area contributed by atoms with Crippen molar-refractivity contribution in [3.05, 3.63) is 70.7 Å². The number of amides is 1. The highest BCUT2D eigenvalue weighted by atomic mass is 32.2. The van der Waals surface area contributed by atoms with Gasteiger partial charge in [-0.1, -0.05) is 30.3 Å². The van der Waals surface area contributed by atoms with E-state index in [1.165, 1.54) is 17.3 Å². The standard InChI is InChI=1S/C18H16N2O2S/c19-12-15-14(16-7-4-9-22-16)11-17(21)20-18(15)23-10-8-13-5-2-1-3-6-13/h1-7,9,14H,8,10-11H2,(H,20,21)/t14-/m0/s1. The van der Waals surface area contributed by atoms with Crippen molar-refractivity contribution in [2.24, 2.45) is 0 Å². The van der Waals surface area contributed by atoms with Crippen molar-refractivity contribution in [2.75, 3.05) is 5.75 Å². The van der Waals surface area contributed by atoms with Crippen LogP contribution in [0, 0.1) is 11.3 Å². The summed E-state index contributed by atoms with van der Waals surface area (Å²) in [4.78, 5) is 12.0. The molecule has 1 aromatic carbocycles. The quantitative estimate of drug-likeness (QED) is 0.912. The molecule has 0 saturated carbocycles. The molecule has 4 nitrogen and oxygen atoms in total. The Hall–Kier alpha value is -2.45. The van der Waals surface area contributed by atoms with Crippen LogP contribution in [0.1, 0.15) is 23.7 Å². The predicted octanol–water partition coefficient (Wildman–Crippen LogP) is 3.59. The Balaban J connectivity index is 1.75. The SMILES string of the molecule is N#CC1=C(SCCc2ccccc2)NC(=O)C[C@@H]1c1ccco1. The van der Waals surface area contributed by atoms with E-state index in [0.29, 0.717) is 16.4 Å². The zero-order valence-corrected chi connectivity index (χ0v) is 13.3. The maximum Gasteiger partial charge on any atom is 0.225 e. The van der Waals surface area contributed by atoms with Gasteiger partial charge in [0.15, 0.2) is 0 Å². The van der Waals surface area contributed by atoms with E-state index in [0.717, 1.165) is 12.2 Å². The number of furan rings is 1. The molecule has 1 N–H and O–H groups in total. The summed E-state index contributed by atoms with van der Waals surface area (Å²) in [5.41, 5.74) is 1.82.